The van der Waals surface area contributed by atoms with Gasteiger partial charge in [-0.1, -0.05) is 24.3 Å². The molecule has 164 valence electrons. The van der Waals surface area contributed by atoms with Crippen molar-refractivity contribution in [1.82, 2.24) is 20.3 Å². The Morgan fingerprint density at radius 2 is 1.70 bits per heavy atom. The van der Waals surface area contributed by atoms with Gasteiger partial charge in [0.15, 0.2) is 0 Å². The van der Waals surface area contributed by atoms with E-state index in [0.29, 0.717) is 35.9 Å². The van der Waals surface area contributed by atoms with Gasteiger partial charge in [-0.2, -0.15) is 0 Å². The molecule has 1 aliphatic rings. The number of aryl methyl sites for hydroxylation is 1. The molecule has 1 amide bonds. The highest BCUT2D eigenvalue weighted by atomic mass is 19.1. The molecule has 1 atom stereocenters. The zero-order valence-electron chi connectivity index (χ0n) is 18.0. The highest BCUT2D eigenvalue weighted by molar-refractivity contribution is 5.95. The molecule has 3 heterocycles. The Kier molecular flexibility index (Phi) is 5.30. The van der Waals surface area contributed by atoms with E-state index in [1.54, 1.807) is 24.7 Å². The summed E-state index contributed by atoms with van der Waals surface area (Å²) in [5, 5.41) is 3.18. The number of ether oxygens (including phenoxy) is 1. The largest absolute Gasteiger partial charge is 0.491 e. The molecule has 0 spiro atoms. The van der Waals surface area contributed by atoms with Crippen molar-refractivity contribution in [1.29, 1.82) is 0 Å². The fraction of sp³-hybridized carbons (Fsp3) is 0.154. The molecular weight excluding hydrogens is 419 g/mol. The Morgan fingerprint density at radius 3 is 2.42 bits per heavy atom. The minimum Gasteiger partial charge on any atom is -0.491 e. The molecule has 7 heteroatoms. The number of amides is 1. The van der Waals surface area contributed by atoms with Gasteiger partial charge in [0.1, 0.15) is 28.6 Å². The fourth-order valence-electron chi connectivity index (χ4n) is 4.09. The maximum atomic E-state index is 13.4. The summed E-state index contributed by atoms with van der Waals surface area (Å²) in [6.45, 7) is 2.26. The number of halogens is 1. The standard InChI is InChI=1S/C26H21FN4O2/c1-17-29-15-20(16-30-17)18-4-8-21(9-5-18)26(12-14-33-23-3-2-13-28-24(23)26)31-25(32)19-6-10-22(27)11-7-19/h2-11,13,15-16H,12,14H2,1H3,(H,31,32)/t26-/m0/s1. The van der Waals surface area contributed by atoms with Crippen LogP contribution in [0, 0.1) is 12.7 Å². The summed E-state index contributed by atoms with van der Waals surface area (Å²) < 4.78 is 19.2. The van der Waals surface area contributed by atoms with Crippen molar-refractivity contribution in [3.05, 3.63) is 108 Å². The van der Waals surface area contributed by atoms with Gasteiger partial charge in [0, 0.05) is 36.1 Å². The lowest BCUT2D eigenvalue weighted by Gasteiger charge is -2.39. The Bertz CT molecular complexity index is 1290. The molecule has 6 nitrogen and oxygen atoms in total. The van der Waals surface area contributed by atoms with E-state index in [1.165, 1.54) is 24.3 Å². The van der Waals surface area contributed by atoms with Gasteiger partial charge in [-0.15, -0.1) is 0 Å². The van der Waals surface area contributed by atoms with Crippen molar-refractivity contribution in [2.75, 3.05) is 6.61 Å². The number of rotatable bonds is 4. The fourth-order valence-corrected chi connectivity index (χ4v) is 4.09. The van der Waals surface area contributed by atoms with Crippen molar-refractivity contribution >= 4 is 5.91 Å². The maximum absolute atomic E-state index is 13.4. The van der Waals surface area contributed by atoms with Gasteiger partial charge in [-0.25, -0.2) is 14.4 Å². The maximum Gasteiger partial charge on any atom is 0.252 e. The molecule has 2 aromatic carbocycles. The van der Waals surface area contributed by atoms with E-state index in [9.17, 15) is 9.18 Å². The van der Waals surface area contributed by atoms with Crippen molar-refractivity contribution in [2.45, 2.75) is 18.9 Å². The van der Waals surface area contributed by atoms with Gasteiger partial charge >= 0.3 is 0 Å². The van der Waals surface area contributed by atoms with Crippen LogP contribution in [0.1, 0.15) is 33.9 Å². The zero-order chi connectivity index (χ0) is 22.8. The van der Waals surface area contributed by atoms with Crippen LogP contribution in [0.4, 0.5) is 4.39 Å². The highest BCUT2D eigenvalue weighted by Gasteiger charge is 2.42. The highest BCUT2D eigenvalue weighted by Crippen LogP contribution is 2.41. The monoisotopic (exact) mass is 440 g/mol. The van der Waals surface area contributed by atoms with Gasteiger partial charge in [-0.05, 0) is 54.4 Å². The van der Waals surface area contributed by atoms with Crippen LogP contribution in [0.5, 0.6) is 5.75 Å². The van der Waals surface area contributed by atoms with Gasteiger partial charge in [-0.3, -0.25) is 9.78 Å². The molecule has 0 aliphatic carbocycles. The van der Waals surface area contributed by atoms with E-state index in [1.807, 2.05) is 37.3 Å². The SMILES string of the molecule is Cc1ncc(-c2ccc([C@@]3(NC(=O)c4ccc(F)cc4)CCOc4cccnc43)cc2)cn1. The van der Waals surface area contributed by atoms with E-state index in [4.69, 9.17) is 4.74 Å². The van der Waals surface area contributed by atoms with Crippen LogP contribution in [0.15, 0.2) is 79.3 Å². The van der Waals surface area contributed by atoms with E-state index in [-0.39, 0.29) is 5.91 Å². The molecule has 1 N–H and O–H groups in total. The van der Waals surface area contributed by atoms with Crippen molar-refractivity contribution < 1.29 is 13.9 Å². The van der Waals surface area contributed by atoms with E-state index >= 15 is 0 Å². The number of carbonyl (C=O) groups is 1. The van der Waals surface area contributed by atoms with Crippen LogP contribution < -0.4 is 10.1 Å². The number of hydrogen-bond acceptors (Lipinski definition) is 5. The Hall–Kier alpha value is -4.13. The molecule has 0 radical (unpaired) electrons. The summed E-state index contributed by atoms with van der Waals surface area (Å²) in [7, 11) is 0. The number of benzene rings is 2. The number of fused-ring (bicyclic) bond motifs is 1. The summed E-state index contributed by atoms with van der Waals surface area (Å²) in [4.78, 5) is 26.3. The van der Waals surface area contributed by atoms with Gasteiger partial charge in [0.2, 0.25) is 0 Å². The zero-order valence-corrected chi connectivity index (χ0v) is 18.0. The number of nitrogens with zero attached hydrogens (tertiary/aromatic N) is 3. The van der Waals surface area contributed by atoms with E-state index in [0.717, 1.165) is 16.7 Å². The van der Waals surface area contributed by atoms with Crippen LogP contribution in [0.2, 0.25) is 0 Å². The molecule has 0 saturated carbocycles. The van der Waals surface area contributed by atoms with Gasteiger partial charge in [0.05, 0.1) is 6.61 Å². The summed E-state index contributed by atoms with van der Waals surface area (Å²) in [6.07, 6.45) is 5.75. The quantitative estimate of drug-likeness (QED) is 0.508. The molecule has 4 aromatic rings. The molecule has 0 saturated heterocycles. The minimum atomic E-state index is -0.900. The first kappa shape index (κ1) is 20.8. The van der Waals surface area contributed by atoms with Gasteiger partial charge < -0.3 is 10.1 Å². The normalized spacial score (nSPS) is 17.0. The number of carbonyl (C=O) groups excluding carboxylic acids is 1. The minimum absolute atomic E-state index is 0.315. The summed E-state index contributed by atoms with van der Waals surface area (Å²) in [6, 6.07) is 17.0. The van der Waals surface area contributed by atoms with Crippen LogP contribution in [0.3, 0.4) is 0 Å². The third-order valence-corrected chi connectivity index (χ3v) is 5.83. The summed E-state index contributed by atoms with van der Waals surface area (Å²) >= 11 is 0. The predicted octanol–water partition coefficient (Wildman–Crippen LogP) is 4.44. The predicted molar refractivity (Wildman–Crippen MR) is 121 cm³/mol. The van der Waals surface area contributed by atoms with Crippen LogP contribution in [-0.2, 0) is 5.54 Å². The third kappa shape index (κ3) is 3.93. The van der Waals surface area contributed by atoms with E-state index < -0.39 is 11.4 Å². The number of aromatic nitrogens is 3. The first-order valence-electron chi connectivity index (χ1n) is 10.6. The molecule has 0 bridgehead atoms. The van der Waals surface area contributed by atoms with Crippen LogP contribution in [0.25, 0.3) is 11.1 Å². The first-order valence-corrected chi connectivity index (χ1v) is 10.6. The van der Waals surface area contributed by atoms with Gasteiger partial charge in [0.25, 0.3) is 5.91 Å². The van der Waals surface area contributed by atoms with E-state index in [2.05, 4.69) is 20.3 Å². The second-order valence-electron chi connectivity index (χ2n) is 7.91. The Balaban J connectivity index is 1.57. The first-order chi connectivity index (χ1) is 16.0. The summed E-state index contributed by atoms with van der Waals surface area (Å²) in [5.74, 6) is 0.626. The summed E-state index contributed by atoms with van der Waals surface area (Å²) in [5.41, 5.74) is 2.85. The van der Waals surface area contributed by atoms with Crippen LogP contribution in [-0.4, -0.2) is 27.5 Å². The second kappa shape index (κ2) is 8.43. The average Bonchev–Trinajstić information content (AvgIpc) is 2.85. The molecule has 0 fully saturated rings. The molecule has 0 unspecified atom stereocenters. The molecule has 33 heavy (non-hydrogen) atoms. The lowest BCUT2D eigenvalue weighted by atomic mass is 9.80. The van der Waals surface area contributed by atoms with Crippen molar-refractivity contribution in [3.63, 3.8) is 0 Å². The lowest BCUT2D eigenvalue weighted by molar-refractivity contribution is 0.0883. The molecule has 5 rings (SSSR count). The molecule has 1 aliphatic heterocycles. The number of pyridine rings is 1. The Morgan fingerprint density at radius 1 is 0.970 bits per heavy atom. The van der Waals surface area contributed by atoms with Crippen molar-refractivity contribution in [3.8, 4) is 16.9 Å². The molecule has 2 aromatic heterocycles. The van der Waals surface area contributed by atoms with Crippen LogP contribution >= 0.6 is 0 Å². The number of hydrogen-bond donors (Lipinski definition) is 1. The topological polar surface area (TPSA) is 77.0 Å². The molecular formula is C26H21FN4O2. The smallest absolute Gasteiger partial charge is 0.252 e. The number of nitrogens with one attached hydrogen (secondary N) is 1. The Labute approximate surface area is 190 Å². The second-order valence-corrected chi connectivity index (χ2v) is 7.91. The average molecular weight is 440 g/mol. The third-order valence-electron chi connectivity index (χ3n) is 5.83. The van der Waals surface area contributed by atoms with Crippen molar-refractivity contribution in [2.24, 2.45) is 0 Å². The lowest BCUT2D eigenvalue weighted by Crippen LogP contribution is -2.50.